The molecule has 4 heteroatoms. The molecule has 1 amide bonds. The molecule has 0 spiro atoms. The fourth-order valence-corrected chi connectivity index (χ4v) is 3.83. The number of hydrogen-bond donors (Lipinski definition) is 2. The van der Waals surface area contributed by atoms with Crippen LogP contribution >= 0.6 is 0 Å². The fourth-order valence-electron chi connectivity index (χ4n) is 3.83. The van der Waals surface area contributed by atoms with E-state index in [2.05, 4.69) is 39.8 Å². The molecule has 2 N–H and O–H groups in total. The number of nitrogens with zero attached hydrogens (tertiary/aromatic N) is 1. The second-order valence-corrected chi connectivity index (χ2v) is 7.20. The third-order valence-electron chi connectivity index (χ3n) is 5.26. The van der Waals surface area contributed by atoms with Gasteiger partial charge < -0.3 is 15.5 Å². The van der Waals surface area contributed by atoms with Gasteiger partial charge in [-0.1, -0.05) is 25.7 Å². The van der Waals surface area contributed by atoms with E-state index in [1.54, 1.807) is 0 Å². The Kier molecular flexibility index (Phi) is 6.39. The Morgan fingerprint density at radius 1 is 0.917 bits per heavy atom. The maximum atomic E-state index is 12.1. The van der Waals surface area contributed by atoms with Gasteiger partial charge in [0.05, 0.1) is 6.54 Å². The molecule has 1 aliphatic carbocycles. The van der Waals surface area contributed by atoms with E-state index >= 15 is 0 Å². The van der Waals surface area contributed by atoms with Crippen molar-refractivity contribution in [2.45, 2.75) is 63.8 Å². The molecule has 2 aliphatic rings. The second-order valence-electron chi connectivity index (χ2n) is 7.20. The second kappa shape index (κ2) is 8.95. The van der Waals surface area contributed by atoms with E-state index in [1.165, 1.54) is 50.6 Å². The zero-order valence-corrected chi connectivity index (χ0v) is 14.7. The van der Waals surface area contributed by atoms with E-state index < -0.39 is 0 Å². The third kappa shape index (κ3) is 5.15. The van der Waals surface area contributed by atoms with Crippen molar-refractivity contribution in [1.29, 1.82) is 0 Å². The molecule has 3 rings (SSSR count). The van der Waals surface area contributed by atoms with Crippen molar-refractivity contribution in [2.75, 3.05) is 29.9 Å². The lowest BCUT2D eigenvalue weighted by Gasteiger charge is -2.28. The zero-order chi connectivity index (χ0) is 16.6. The summed E-state index contributed by atoms with van der Waals surface area (Å²) in [7, 11) is 0. The van der Waals surface area contributed by atoms with Gasteiger partial charge in [-0.25, -0.2) is 0 Å². The summed E-state index contributed by atoms with van der Waals surface area (Å²) >= 11 is 0. The molecule has 1 heterocycles. The van der Waals surface area contributed by atoms with Gasteiger partial charge in [0.25, 0.3) is 0 Å². The Balaban J connectivity index is 1.43. The molecule has 1 saturated carbocycles. The highest BCUT2D eigenvalue weighted by molar-refractivity contribution is 5.81. The summed E-state index contributed by atoms with van der Waals surface area (Å²) in [5.41, 5.74) is 2.31. The zero-order valence-electron chi connectivity index (χ0n) is 14.7. The quantitative estimate of drug-likeness (QED) is 0.805. The molecule has 1 saturated heterocycles. The molecule has 24 heavy (non-hydrogen) atoms. The van der Waals surface area contributed by atoms with Crippen LogP contribution in [0.2, 0.25) is 0 Å². The average molecular weight is 329 g/mol. The van der Waals surface area contributed by atoms with Crippen LogP contribution in [0, 0.1) is 0 Å². The fraction of sp³-hybridized carbons (Fsp3) is 0.650. The Labute approximate surface area is 146 Å². The Morgan fingerprint density at radius 3 is 2.21 bits per heavy atom. The number of benzene rings is 1. The summed E-state index contributed by atoms with van der Waals surface area (Å²) in [5, 5.41) is 6.43. The molecule has 1 aliphatic heterocycles. The molecule has 132 valence electrons. The molecule has 1 aromatic rings. The van der Waals surface area contributed by atoms with Gasteiger partial charge in [0, 0.05) is 30.5 Å². The Bertz CT molecular complexity index is 500. The molecule has 0 bridgehead atoms. The van der Waals surface area contributed by atoms with Crippen LogP contribution < -0.4 is 15.5 Å². The minimum Gasteiger partial charge on any atom is -0.376 e. The van der Waals surface area contributed by atoms with Gasteiger partial charge in [0.2, 0.25) is 5.91 Å². The van der Waals surface area contributed by atoms with E-state index in [-0.39, 0.29) is 5.91 Å². The van der Waals surface area contributed by atoms with Crippen LogP contribution in [-0.4, -0.2) is 31.6 Å². The number of nitrogens with one attached hydrogen (secondary N) is 2. The lowest BCUT2D eigenvalue weighted by atomic mass is 10.1. The van der Waals surface area contributed by atoms with Gasteiger partial charge in [-0.15, -0.1) is 0 Å². The SMILES string of the molecule is O=C(CNc1ccc(N2CCCCC2)cc1)NC1CCCCCC1. The first-order valence-corrected chi connectivity index (χ1v) is 9.69. The first kappa shape index (κ1) is 17.1. The van der Waals surface area contributed by atoms with Gasteiger partial charge in [0.1, 0.15) is 0 Å². The van der Waals surface area contributed by atoms with Crippen LogP contribution in [0.25, 0.3) is 0 Å². The number of anilines is 2. The predicted octanol–water partition coefficient (Wildman–Crippen LogP) is 3.93. The first-order valence-electron chi connectivity index (χ1n) is 9.69. The topological polar surface area (TPSA) is 44.4 Å². The van der Waals surface area contributed by atoms with Crippen molar-refractivity contribution in [3.8, 4) is 0 Å². The first-order chi connectivity index (χ1) is 11.8. The third-order valence-corrected chi connectivity index (χ3v) is 5.26. The highest BCUT2D eigenvalue weighted by Gasteiger charge is 2.14. The summed E-state index contributed by atoms with van der Waals surface area (Å²) < 4.78 is 0. The predicted molar refractivity (Wildman–Crippen MR) is 101 cm³/mol. The summed E-state index contributed by atoms with van der Waals surface area (Å²) in [6, 6.07) is 8.88. The molecule has 0 aromatic heterocycles. The maximum Gasteiger partial charge on any atom is 0.239 e. The van der Waals surface area contributed by atoms with Crippen LogP contribution in [0.15, 0.2) is 24.3 Å². The number of hydrogen-bond acceptors (Lipinski definition) is 3. The highest BCUT2D eigenvalue weighted by atomic mass is 16.1. The van der Waals surface area contributed by atoms with Gasteiger partial charge >= 0.3 is 0 Å². The van der Waals surface area contributed by atoms with E-state index in [0.717, 1.165) is 31.6 Å². The van der Waals surface area contributed by atoms with Crippen LogP contribution in [0.5, 0.6) is 0 Å². The van der Waals surface area contributed by atoms with Gasteiger partial charge in [-0.2, -0.15) is 0 Å². The van der Waals surface area contributed by atoms with Crippen molar-refractivity contribution in [1.82, 2.24) is 5.32 Å². The van der Waals surface area contributed by atoms with Crippen LogP contribution in [0.3, 0.4) is 0 Å². The van der Waals surface area contributed by atoms with Gasteiger partial charge in [-0.3, -0.25) is 4.79 Å². The van der Waals surface area contributed by atoms with E-state index in [9.17, 15) is 4.79 Å². The monoisotopic (exact) mass is 329 g/mol. The molecule has 0 radical (unpaired) electrons. The lowest BCUT2D eigenvalue weighted by Crippen LogP contribution is -2.38. The van der Waals surface area contributed by atoms with Gasteiger partial charge in [0.15, 0.2) is 0 Å². The summed E-state index contributed by atoms with van der Waals surface area (Å²) in [4.78, 5) is 14.6. The minimum absolute atomic E-state index is 0.113. The molecular weight excluding hydrogens is 298 g/mol. The average Bonchev–Trinajstić information content (AvgIpc) is 2.90. The van der Waals surface area contributed by atoms with Crippen molar-refractivity contribution in [3.63, 3.8) is 0 Å². The summed E-state index contributed by atoms with van der Waals surface area (Å²) in [5.74, 6) is 0.113. The lowest BCUT2D eigenvalue weighted by molar-refractivity contribution is -0.120. The van der Waals surface area contributed by atoms with Crippen LogP contribution in [0.4, 0.5) is 11.4 Å². The Morgan fingerprint density at radius 2 is 1.54 bits per heavy atom. The molecule has 2 fully saturated rings. The molecule has 0 atom stereocenters. The van der Waals surface area contributed by atoms with Crippen molar-refractivity contribution >= 4 is 17.3 Å². The summed E-state index contributed by atoms with van der Waals surface area (Å²) in [6.07, 6.45) is 11.3. The minimum atomic E-state index is 0.113. The Hall–Kier alpha value is -1.71. The number of rotatable bonds is 5. The standard InChI is InChI=1S/C20H31N3O/c24-20(22-18-8-4-1-2-5-9-18)16-21-17-10-12-19(13-11-17)23-14-6-3-7-15-23/h10-13,18,21H,1-9,14-16H2,(H,22,24). The van der Waals surface area contributed by atoms with E-state index in [0.29, 0.717) is 12.6 Å². The normalized spacial score (nSPS) is 19.6. The molecule has 0 unspecified atom stereocenters. The number of carbonyl (C=O) groups is 1. The van der Waals surface area contributed by atoms with E-state index in [1.807, 2.05) is 0 Å². The van der Waals surface area contributed by atoms with Gasteiger partial charge in [-0.05, 0) is 56.4 Å². The number of piperidine rings is 1. The highest BCUT2D eigenvalue weighted by Crippen LogP contribution is 2.21. The molecular formula is C20H31N3O. The largest absolute Gasteiger partial charge is 0.376 e. The molecule has 4 nitrogen and oxygen atoms in total. The smallest absolute Gasteiger partial charge is 0.239 e. The van der Waals surface area contributed by atoms with Crippen molar-refractivity contribution in [3.05, 3.63) is 24.3 Å². The van der Waals surface area contributed by atoms with Crippen molar-refractivity contribution in [2.24, 2.45) is 0 Å². The summed E-state index contributed by atoms with van der Waals surface area (Å²) in [6.45, 7) is 2.69. The number of carbonyl (C=O) groups excluding carboxylic acids is 1. The van der Waals surface area contributed by atoms with Crippen LogP contribution in [0.1, 0.15) is 57.8 Å². The maximum absolute atomic E-state index is 12.1. The van der Waals surface area contributed by atoms with E-state index in [4.69, 9.17) is 0 Å². The molecule has 1 aromatic carbocycles. The van der Waals surface area contributed by atoms with Crippen molar-refractivity contribution < 1.29 is 4.79 Å². The van der Waals surface area contributed by atoms with Crippen LogP contribution in [-0.2, 0) is 4.79 Å². The number of amides is 1.